The molecule has 0 saturated heterocycles. The minimum atomic E-state index is -0.165. The van der Waals surface area contributed by atoms with Crippen LogP contribution in [-0.4, -0.2) is 10.9 Å². The summed E-state index contributed by atoms with van der Waals surface area (Å²) in [7, 11) is 0. The number of aryl methyl sites for hydroxylation is 1. The fourth-order valence-corrected chi connectivity index (χ4v) is 3.54. The summed E-state index contributed by atoms with van der Waals surface area (Å²) in [5, 5.41) is 1.56. The maximum absolute atomic E-state index is 13.4. The smallest absolute Gasteiger partial charge is 0.316 e. The number of aromatic nitrogens is 2. The summed E-state index contributed by atoms with van der Waals surface area (Å²) in [6, 6.07) is 25.2. The first-order valence-electron chi connectivity index (χ1n) is 9.22. The molecule has 0 N–H and O–H groups in total. The van der Waals surface area contributed by atoms with Crippen LogP contribution in [0.1, 0.15) is 15.9 Å². The second kappa shape index (κ2) is 9.65. The van der Waals surface area contributed by atoms with Crippen molar-refractivity contribution in [3.8, 4) is 11.1 Å². The van der Waals surface area contributed by atoms with Gasteiger partial charge in [0.2, 0.25) is 18.2 Å². The molecule has 0 aliphatic carbocycles. The second-order valence-corrected chi connectivity index (χ2v) is 7.49. The van der Waals surface area contributed by atoms with E-state index in [0.29, 0.717) is 11.4 Å². The highest BCUT2D eigenvalue weighted by Gasteiger charge is 2.29. The SMILES string of the molecule is Cc1ccc(C(=O)N(c2ncc(-c3ccccc3)cc2Br)[n+]2ccccc2)cc1.[Cl-]. The third-order valence-corrected chi connectivity index (χ3v) is 5.13. The summed E-state index contributed by atoms with van der Waals surface area (Å²) in [6.45, 7) is 2.00. The van der Waals surface area contributed by atoms with E-state index in [-0.39, 0.29) is 18.3 Å². The second-order valence-electron chi connectivity index (χ2n) is 6.63. The van der Waals surface area contributed by atoms with Gasteiger partial charge in [0.25, 0.3) is 0 Å². The van der Waals surface area contributed by atoms with Gasteiger partial charge in [0.05, 0.1) is 4.47 Å². The minimum Gasteiger partial charge on any atom is -1.00 e. The fraction of sp³-hybridized carbons (Fsp3) is 0.0417. The Morgan fingerprint density at radius 1 is 0.900 bits per heavy atom. The van der Waals surface area contributed by atoms with Crippen LogP contribution in [0.4, 0.5) is 5.82 Å². The molecular weight excluding hydrogens is 462 g/mol. The lowest BCUT2D eigenvalue weighted by Gasteiger charge is -2.17. The number of nitrogens with zero attached hydrogens (tertiary/aromatic N) is 3. The topological polar surface area (TPSA) is 37.1 Å². The number of carbonyl (C=O) groups is 1. The van der Waals surface area contributed by atoms with Gasteiger partial charge < -0.3 is 12.4 Å². The lowest BCUT2D eigenvalue weighted by molar-refractivity contribution is -0.674. The number of benzene rings is 2. The highest BCUT2D eigenvalue weighted by atomic mass is 79.9. The molecule has 2 heterocycles. The molecule has 0 saturated carbocycles. The van der Waals surface area contributed by atoms with E-state index in [0.717, 1.165) is 21.2 Å². The predicted octanol–water partition coefficient (Wildman–Crippen LogP) is 2.22. The standard InChI is InChI=1S/C24H19BrN3O.ClH/c1-18-10-12-20(13-11-18)24(29)28(27-14-6-3-7-15-27)23-22(25)16-21(17-26-23)19-8-4-2-5-9-19;/h2-17H,1H3;1H/q+1;/p-1. The minimum absolute atomic E-state index is 0. The number of amides is 1. The Labute approximate surface area is 190 Å². The number of pyridine rings is 2. The molecule has 4 aromatic rings. The van der Waals surface area contributed by atoms with E-state index in [1.165, 1.54) is 0 Å². The van der Waals surface area contributed by atoms with Crippen LogP contribution in [-0.2, 0) is 0 Å². The summed E-state index contributed by atoms with van der Waals surface area (Å²) in [4.78, 5) is 18.0. The molecule has 2 aromatic carbocycles. The van der Waals surface area contributed by atoms with Gasteiger partial charge in [0.1, 0.15) is 0 Å². The van der Waals surface area contributed by atoms with Gasteiger partial charge >= 0.3 is 5.91 Å². The van der Waals surface area contributed by atoms with E-state index in [9.17, 15) is 4.79 Å². The molecule has 0 radical (unpaired) electrons. The summed E-state index contributed by atoms with van der Waals surface area (Å²) >= 11 is 3.63. The molecule has 150 valence electrons. The average Bonchev–Trinajstić information content (AvgIpc) is 2.77. The van der Waals surface area contributed by atoms with E-state index >= 15 is 0 Å². The van der Waals surface area contributed by atoms with Crippen LogP contribution >= 0.6 is 15.9 Å². The molecule has 0 spiro atoms. The maximum Gasteiger partial charge on any atom is 0.316 e. The molecule has 4 rings (SSSR count). The molecule has 0 unspecified atom stereocenters. The number of hydrogen-bond donors (Lipinski definition) is 0. The zero-order valence-corrected chi connectivity index (χ0v) is 18.6. The summed E-state index contributed by atoms with van der Waals surface area (Å²) < 4.78 is 2.47. The van der Waals surface area contributed by atoms with Crippen molar-refractivity contribution in [2.24, 2.45) is 0 Å². The Balaban J connectivity index is 0.00000256. The molecule has 0 bridgehead atoms. The lowest BCUT2D eigenvalue weighted by Crippen LogP contribution is -3.00. The molecule has 0 aliphatic rings. The number of halogens is 2. The van der Waals surface area contributed by atoms with Crippen molar-refractivity contribution in [1.29, 1.82) is 0 Å². The summed E-state index contributed by atoms with van der Waals surface area (Å²) in [5.74, 6) is 0.355. The molecule has 6 heteroatoms. The van der Waals surface area contributed by atoms with Gasteiger partial charge in [-0.05, 0) is 46.6 Å². The highest BCUT2D eigenvalue weighted by Crippen LogP contribution is 2.29. The van der Waals surface area contributed by atoms with Gasteiger partial charge in [-0.3, -0.25) is 4.79 Å². The van der Waals surface area contributed by atoms with E-state index in [4.69, 9.17) is 0 Å². The van der Waals surface area contributed by atoms with Crippen molar-refractivity contribution < 1.29 is 21.9 Å². The van der Waals surface area contributed by atoms with Crippen molar-refractivity contribution in [2.45, 2.75) is 6.92 Å². The number of anilines is 1. The van der Waals surface area contributed by atoms with Crippen molar-refractivity contribution >= 4 is 27.7 Å². The van der Waals surface area contributed by atoms with Gasteiger partial charge in [-0.2, -0.15) is 0 Å². The largest absolute Gasteiger partial charge is 1.00 e. The van der Waals surface area contributed by atoms with Crippen LogP contribution < -0.4 is 22.1 Å². The summed E-state index contributed by atoms with van der Waals surface area (Å²) in [5.41, 5.74) is 3.73. The Hall–Kier alpha value is -3.02. The highest BCUT2D eigenvalue weighted by molar-refractivity contribution is 9.10. The van der Waals surface area contributed by atoms with E-state index < -0.39 is 0 Å². The van der Waals surface area contributed by atoms with Crippen LogP contribution in [0.2, 0.25) is 0 Å². The fourth-order valence-electron chi connectivity index (χ4n) is 3.03. The average molecular weight is 481 g/mol. The van der Waals surface area contributed by atoms with Gasteiger partial charge in [0.15, 0.2) is 0 Å². The first kappa shape index (κ1) is 21.7. The molecule has 4 nitrogen and oxygen atoms in total. The summed E-state index contributed by atoms with van der Waals surface area (Å²) in [6.07, 6.45) is 5.44. The van der Waals surface area contributed by atoms with Gasteiger partial charge in [0, 0.05) is 29.5 Å². The van der Waals surface area contributed by atoms with Crippen molar-refractivity contribution in [3.63, 3.8) is 0 Å². The first-order chi connectivity index (χ1) is 14.1. The molecule has 0 fully saturated rings. The van der Waals surface area contributed by atoms with Gasteiger partial charge in [-0.15, -0.1) is 0 Å². The van der Waals surface area contributed by atoms with Crippen LogP contribution in [0.15, 0.2) is 102 Å². The molecular formula is C24H19BrClN3O. The van der Waals surface area contributed by atoms with Crippen molar-refractivity contribution in [3.05, 3.63) is 113 Å². The number of rotatable bonds is 4. The third kappa shape index (κ3) is 4.58. The molecule has 2 aromatic heterocycles. The van der Waals surface area contributed by atoms with Crippen LogP contribution in [0.5, 0.6) is 0 Å². The Bertz CT molecular complexity index is 1140. The zero-order valence-electron chi connectivity index (χ0n) is 16.2. The van der Waals surface area contributed by atoms with Crippen molar-refractivity contribution in [1.82, 2.24) is 4.98 Å². The lowest BCUT2D eigenvalue weighted by atomic mass is 10.1. The van der Waals surface area contributed by atoms with Crippen molar-refractivity contribution in [2.75, 3.05) is 5.01 Å². The Morgan fingerprint density at radius 2 is 1.53 bits per heavy atom. The number of hydrogen-bond acceptors (Lipinski definition) is 2. The normalized spacial score (nSPS) is 10.2. The first-order valence-corrected chi connectivity index (χ1v) is 10.0. The van der Waals surface area contributed by atoms with Crippen LogP contribution in [0, 0.1) is 6.92 Å². The van der Waals surface area contributed by atoms with E-state index in [2.05, 4.69) is 20.9 Å². The van der Waals surface area contributed by atoms with Gasteiger partial charge in [-0.25, -0.2) is 4.98 Å². The monoisotopic (exact) mass is 479 g/mol. The van der Waals surface area contributed by atoms with Crippen LogP contribution in [0.3, 0.4) is 0 Å². The van der Waals surface area contributed by atoms with Gasteiger partial charge in [-0.1, -0.05) is 63.8 Å². The Morgan fingerprint density at radius 3 is 2.17 bits per heavy atom. The molecule has 0 atom stereocenters. The predicted molar refractivity (Wildman–Crippen MR) is 117 cm³/mol. The third-order valence-electron chi connectivity index (χ3n) is 4.55. The van der Waals surface area contributed by atoms with E-state index in [1.807, 2.05) is 98.2 Å². The zero-order chi connectivity index (χ0) is 20.2. The van der Waals surface area contributed by atoms with Crippen LogP contribution in [0.25, 0.3) is 11.1 Å². The quantitative estimate of drug-likeness (QED) is 0.420. The van der Waals surface area contributed by atoms with E-state index in [1.54, 1.807) is 15.9 Å². The number of carbonyl (C=O) groups excluding carboxylic acids is 1. The molecule has 30 heavy (non-hydrogen) atoms. The Kier molecular flexibility index (Phi) is 6.98. The molecule has 1 amide bonds. The molecule has 0 aliphatic heterocycles. The maximum atomic E-state index is 13.4.